The summed E-state index contributed by atoms with van der Waals surface area (Å²) in [6.07, 6.45) is 1.18. The topological polar surface area (TPSA) is 55.8 Å². The average molecular weight is 381 g/mol. The van der Waals surface area contributed by atoms with Crippen LogP contribution in [0, 0.1) is 5.92 Å². The van der Waals surface area contributed by atoms with Gasteiger partial charge in [-0.15, -0.1) is 0 Å². The molecule has 2 aromatic rings. The molecule has 28 heavy (non-hydrogen) atoms. The standard InChI is InChI=1S/C23H27NO4/c1-5-23(2,3)17-6-10-20(11-7-17)28-22(26)16-14-21(25)24(15-16)18-8-12-19(27-4)13-9-18/h6-13,16H,5,14-15H2,1-4H3/t16-/m0/s1. The molecule has 1 atom stereocenters. The number of benzene rings is 2. The highest BCUT2D eigenvalue weighted by molar-refractivity contribution is 5.99. The summed E-state index contributed by atoms with van der Waals surface area (Å²) in [5.41, 5.74) is 2.04. The van der Waals surface area contributed by atoms with E-state index in [2.05, 4.69) is 20.8 Å². The Labute approximate surface area is 166 Å². The van der Waals surface area contributed by atoms with Crippen molar-refractivity contribution in [3.05, 3.63) is 54.1 Å². The van der Waals surface area contributed by atoms with Crippen LogP contribution in [0.2, 0.25) is 0 Å². The van der Waals surface area contributed by atoms with Crippen LogP contribution >= 0.6 is 0 Å². The van der Waals surface area contributed by atoms with Crippen molar-refractivity contribution in [3.63, 3.8) is 0 Å². The summed E-state index contributed by atoms with van der Waals surface area (Å²) in [5, 5.41) is 0. The molecule has 5 heteroatoms. The highest BCUT2D eigenvalue weighted by atomic mass is 16.5. The molecule has 1 amide bonds. The van der Waals surface area contributed by atoms with Crippen molar-refractivity contribution in [2.75, 3.05) is 18.6 Å². The van der Waals surface area contributed by atoms with Gasteiger partial charge in [-0.1, -0.05) is 32.9 Å². The third kappa shape index (κ3) is 4.19. The zero-order chi connectivity index (χ0) is 20.3. The molecule has 5 nitrogen and oxygen atoms in total. The third-order valence-corrected chi connectivity index (χ3v) is 5.58. The number of hydrogen-bond donors (Lipinski definition) is 0. The first-order valence-electron chi connectivity index (χ1n) is 9.60. The first kappa shape index (κ1) is 19.9. The molecule has 0 aliphatic carbocycles. The van der Waals surface area contributed by atoms with Crippen LogP contribution in [-0.4, -0.2) is 25.5 Å². The lowest BCUT2D eigenvalue weighted by molar-refractivity contribution is -0.139. The van der Waals surface area contributed by atoms with Crippen LogP contribution in [-0.2, 0) is 15.0 Å². The molecule has 3 rings (SSSR count). The van der Waals surface area contributed by atoms with E-state index >= 15 is 0 Å². The van der Waals surface area contributed by atoms with Crippen LogP contribution in [0.25, 0.3) is 0 Å². The molecule has 1 aliphatic rings. The number of carbonyl (C=O) groups excluding carboxylic acids is 2. The summed E-state index contributed by atoms with van der Waals surface area (Å²) in [4.78, 5) is 26.5. The van der Waals surface area contributed by atoms with Gasteiger partial charge in [0.2, 0.25) is 5.91 Å². The maximum atomic E-state index is 12.6. The molecule has 0 bridgehead atoms. The number of anilines is 1. The van der Waals surface area contributed by atoms with Crippen LogP contribution < -0.4 is 14.4 Å². The molecule has 2 aromatic carbocycles. The number of nitrogens with zero attached hydrogens (tertiary/aromatic N) is 1. The van der Waals surface area contributed by atoms with Crippen molar-refractivity contribution in [2.24, 2.45) is 5.92 Å². The molecule has 0 saturated carbocycles. The number of ether oxygens (including phenoxy) is 2. The van der Waals surface area contributed by atoms with E-state index in [0.29, 0.717) is 12.3 Å². The van der Waals surface area contributed by atoms with Gasteiger partial charge in [0.05, 0.1) is 13.0 Å². The lowest BCUT2D eigenvalue weighted by Crippen LogP contribution is -2.27. The number of hydrogen-bond acceptors (Lipinski definition) is 4. The van der Waals surface area contributed by atoms with E-state index in [-0.39, 0.29) is 23.7 Å². The Kier molecular flexibility index (Phi) is 5.73. The van der Waals surface area contributed by atoms with Gasteiger partial charge in [-0.2, -0.15) is 0 Å². The fourth-order valence-electron chi connectivity index (χ4n) is 3.25. The average Bonchev–Trinajstić information content (AvgIpc) is 3.10. The van der Waals surface area contributed by atoms with Crippen LogP contribution in [0.4, 0.5) is 5.69 Å². The highest BCUT2D eigenvalue weighted by Crippen LogP contribution is 2.30. The van der Waals surface area contributed by atoms with E-state index in [4.69, 9.17) is 9.47 Å². The third-order valence-electron chi connectivity index (χ3n) is 5.58. The van der Waals surface area contributed by atoms with Gasteiger partial charge in [0, 0.05) is 18.7 Å². The van der Waals surface area contributed by atoms with E-state index in [1.165, 1.54) is 5.56 Å². The number of rotatable bonds is 6. The van der Waals surface area contributed by atoms with Crippen molar-refractivity contribution in [1.29, 1.82) is 0 Å². The fourth-order valence-corrected chi connectivity index (χ4v) is 3.25. The van der Waals surface area contributed by atoms with Gasteiger partial charge in [0.1, 0.15) is 11.5 Å². The lowest BCUT2D eigenvalue weighted by Gasteiger charge is -2.23. The molecule has 1 saturated heterocycles. The van der Waals surface area contributed by atoms with Crippen LogP contribution in [0.5, 0.6) is 11.5 Å². The highest BCUT2D eigenvalue weighted by Gasteiger charge is 2.36. The van der Waals surface area contributed by atoms with Gasteiger partial charge >= 0.3 is 5.97 Å². The van der Waals surface area contributed by atoms with Crippen LogP contribution in [0.3, 0.4) is 0 Å². The van der Waals surface area contributed by atoms with Crippen LogP contribution in [0.1, 0.15) is 39.2 Å². The second-order valence-corrected chi connectivity index (χ2v) is 7.79. The normalized spacial score (nSPS) is 16.9. The predicted octanol–water partition coefficient (Wildman–Crippen LogP) is 4.34. The maximum absolute atomic E-state index is 12.6. The van der Waals surface area contributed by atoms with Crippen molar-refractivity contribution < 1.29 is 19.1 Å². The second kappa shape index (κ2) is 8.05. The number of amides is 1. The van der Waals surface area contributed by atoms with E-state index in [0.717, 1.165) is 17.9 Å². The molecule has 0 spiro atoms. The summed E-state index contributed by atoms with van der Waals surface area (Å²) < 4.78 is 10.7. The minimum atomic E-state index is -0.471. The molecule has 0 unspecified atom stereocenters. The van der Waals surface area contributed by atoms with Gasteiger partial charge in [0.25, 0.3) is 0 Å². The molecule has 0 radical (unpaired) electrons. The summed E-state index contributed by atoms with van der Waals surface area (Å²) in [5.74, 6) is 0.317. The van der Waals surface area contributed by atoms with Gasteiger partial charge in [-0.25, -0.2) is 0 Å². The number of esters is 1. The van der Waals surface area contributed by atoms with Gasteiger partial charge in [-0.05, 0) is 53.8 Å². The molecular formula is C23H27NO4. The van der Waals surface area contributed by atoms with Gasteiger partial charge in [0.15, 0.2) is 0 Å². The van der Waals surface area contributed by atoms with Crippen molar-refractivity contribution in [1.82, 2.24) is 0 Å². The second-order valence-electron chi connectivity index (χ2n) is 7.79. The molecule has 1 fully saturated rings. The molecule has 148 valence electrons. The first-order chi connectivity index (χ1) is 13.3. The van der Waals surface area contributed by atoms with Gasteiger partial charge in [-0.3, -0.25) is 9.59 Å². The summed E-state index contributed by atoms with van der Waals surface area (Å²) >= 11 is 0. The fraction of sp³-hybridized carbons (Fsp3) is 0.391. The lowest BCUT2D eigenvalue weighted by atomic mass is 9.82. The minimum absolute atomic E-state index is 0.0767. The monoisotopic (exact) mass is 381 g/mol. The maximum Gasteiger partial charge on any atom is 0.316 e. The summed E-state index contributed by atoms with van der Waals surface area (Å²) in [7, 11) is 1.60. The zero-order valence-electron chi connectivity index (χ0n) is 16.9. The quantitative estimate of drug-likeness (QED) is 0.552. The number of methoxy groups -OCH3 is 1. The zero-order valence-corrected chi connectivity index (χ0v) is 16.9. The molecular weight excluding hydrogens is 354 g/mol. The Morgan fingerprint density at radius 3 is 2.25 bits per heavy atom. The Morgan fingerprint density at radius 2 is 1.68 bits per heavy atom. The Bertz CT molecular complexity index is 840. The SMILES string of the molecule is CCC(C)(C)c1ccc(OC(=O)[C@H]2CC(=O)N(c3ccc(OC)cc3)C2)cc1. The first-order valence-corrected chi connectivity index (χ1v) is 9.60. The van der Waals surface area contributed by atoms with E-state index in [9.17, 15) is 9.59 Å². The largest absolute Gasteiger partial charge is 0.497 e. The molecule has 0 N–H and O–H groups in total. The Morgan fingerprint density at radius 1 is 1.07 bits per heavy atom. The van der Waals surface area contributed by atoms with Crippen molar-refractivity contribution in [3.8, 4) is 11.5 Å². The molecule has 1 aliphatic heterocycles. The van der Waals surface area contributed by atoms with Crippen LogP contribution in [0.15, 0.2) is 48.5 Å². The minimum Gasteiger partial charge on any atom is -0.497 e. The van der Waals surface area contributed by atoms with Crippen molar-refractivity contribution >= 4 is 17.6 Å². The van der Waals surface area contributed by atoms with Gasteiger partial charge < -0.3 is 14.4 Å². The summed E-state index contributed by atoms with van der Waals surface area (Å²) in [6, 6.07) is 14.9. The Balaban J connectivity index is 1.64. The predicted molar refractivity (Wildman–Crippen MR) is 109 cm³/mol. The Hall–Kier alpha value is -2.82. The smallest absolute Gasteiger partial charge is 0.316 e. The summed E-state index contributed by atoms with van der Waals surface area (Å²) in [6.45, 7) is 6.85. The molecule has 0 aromatic heterocycles. The van der Waals surface area contributed by atoms with E-state index in [1.807, 2.05) is 36.4 Å². The number of carbonyl (C=O) groups is 2. The molecule has 1 heterocycles. The van der Waals surface area contributed by atoms with Crippen molar-refractivity contribution in [2.45, 2.75) is 39.0 Å². The van der Waals surface area contributed by atoms with E-state index < -0.39 is 5.92 Å². The van der Waals surface area contributed by atoms with E-state index in [1.54, 1.807) is 24.1 Å².